The molecule has 0 fully saturated rings. The summed E-state index contributed by atoms with van der Waals surface area (Å²) in [4.78, 5) is 0. The minimum absolute atomic E-state index is 0.00855. The molecule has 0 aliphatic rings. The Kier molecular flexibility index (Phi) is 4.33. The third-order valence-electron chi connectivity index (χ3n) is 2.20. The first-order chi connectivity index (χ1) is 7.61. The summed E-state index contributed by atoms with van der Waals surface area (Å²) in [5.41, 5.74) is 6.52. The van der Waals surface area contributed by atoms with E-state index in [0.717, 1.165) is 6.42 Å². The fourth-order valence-corrected chi connectivity index (χ4v) is 1.55. The lowest BCUT2D eigenvalue weighted by Crippen LogP contribution is -2.03. The van der Waals surface area contributed by atoms with E-state index in [1.165, 1.54) is 12.1 Å². The summed E-state index contributed by atoms with van der Waals surface area (Å²) in [6.07, 6.45) is 1.32. The van der Waals surface area contributed by atoms with Crippen LogP contribution < -0.4 is 5.73 Å². The monoisotopic (exact) mass is 238 g/mol. The van der Waals surface area contributed by atoms with Crippen molar-refractivity contribution in [2.45, 2.75) is 19.8 Å². The Balaban J connectivity index is 3.28. The summed E-state index contributed by atoms with van der Waals surface area (Å²) in [5, 5.41) is 8.91. The fraction of sp³-hybridized carbons (Fsp3) is 0.250. The first-order valence-corrected chi connectivity index (χ1v) is 5.32. The average molecular weight is 239 g/mol. The van der Waals surface area contributed by atoms with Gasteiger partial charge in [0, 0.05) is 5.56 Å². The number of nitriles is 1. The fourth-order valence-electron chi connectivity index (χ4n) is 1.38. The van der Waals surface area contributed by atoms with Gasteiger partial charge in [-0.3, -0.25) is 0 Å². The molecule has 1 aromatic rings. The molecule has 16 heavy (non-hydrogen) atoms. The van der Waals surface area contributed by atoms with Gasteiger partial charge in [0.25, 0.3) is 0 Å². The van der Waals surface area contributed by atoms with Crippen LogP contribution in [0.25, 0.3) is 5.70 Å². The standard InChI is InChI=1S/C12H12ClFN2/c1-2-4-8(7-15)12(16)9-5-3-6-10(13)11(9)14/h3,5-6H,2,4,16H2,1H3/b12-8-. The Labute approximate surface area is 99.1 Å². The van der Waals surface area contributed by atoms with Crippen LogP contribution in [0.5, 0.6) is 0 Å². The van der Waals surface area contributed by atoms with E-state index in [1.54, 1.807) is 6.07 Å². The topological polar surface area (TPSA) is 49.8 Å². The van der Waals surface area contributed by atoms with Gasteiger partial charge in [0.1, 0.15) is 0 Å². The van der Waals surface area contributed by atoms with Crippen molar-refractivity contribution in [3.05, 3.63) is 40.2 Å². The van der Waals surface area contributed by atoms with Crippen LogP contribution in [-0.2, 0) is 0 Å². The summed E-state index contributed by atoms with van der Waals surface area (Å²) >= 11 is 5.65. The van der Waals surface area contributed by atoms with E-state index in [9.17, 15) is 4.39 Å². The molecule has 0 atom stereocenters. The Hall–Kier alpha value is -1.53. The van der Waals surface area contributed by atoms with Gasteiger partial charge in [0.15, 0.2) is 5.82 Å². The minimum Gasteiger partial charge on any atom is -0.397 e. The largest absolute Gasteiger partial charge is 0.397 e. The Morgan fingerprint density at radius 1 is 1.56 bits per heavy atom. The second-order valence-corrected chi connectivity index (χ2v) is 3.76. The number of nitrogens with zero attached hydrogens (tertiary/aromatic N) is 1. The molecule has 0 aliphatic heterocycles. The van der Waals surface area contributed by atoms with Gasteiger partial charge >= 0.3 is 0 Å². The van der Waals surface area contributed by atoms with Gasteiger partial charge < -0.3 is 5.73 Å². The van der Waals surface area contributed by atoms with E-state index in [2.05, 4.69) is 0 Å². The lowest BCUT2D eigenvalue weighted by atomic mass is 10.0. The third-order valence-corrected chi connectivity index (χ3v) is 2.49. The molecule has 84 valence electrons. The average Bonchev–Trinajstić information content (AvgIpc) is 2.29. The summed E-state index contributed by atoms with van der Waals surface area (Å²) < 4.78 is 13.6. The second kappa shape index (κ2) is 5.53. The molecule has 0 bridgehead atoms. The maximum atomic E-state index is 13.6. The van der Waals surface area contributed by atoms with Crippen LogP contribution in [-0.4, -0.2) is 0 Å². The van der Waals surface area contributed by atoms with Crippen molar-refractivity contribution < 1.29 is 4.39 Å². The van der Waals surface area contributed by atoms with Crippen LogP contribution in [0.4, 0.5) is 4.39 Å². The second-order valence-electron chi connectivity index (χ2n) is 3.36. The summed E-state index contributed by atoms with van der Waals surface area (Å²) in [5.74, 6) is -0.578. The van der Waals surface area contributed by atoms with Crippen LogP contribution in [0.15, 0.2) is 23.8 Å². The molecule has 1 rings (SSSR count). The van der Waals surface area contributed by atoms with Gasteiger partial charge in [-0.1, -0.05) is 31.0 Å². The highest BCUT2D eigenvalue weighted by Gasteiger charge is 2.12. The number of benzene rings is 1. The van der Waals surface area contributed by atoms with Crippen molar-refractivity contribution in [3.63, 3.8) is 0 Å². The lowest BCUT2D eigenvalue weighted by Gasteiger charge is -2.07. The van der Waals surface area contributed by atoms with Gasteiger partial charge in [-0.2, -0.15) is 5.26 Å². The molecule has 0 aromatic heterocycles. The van der Waals surface area contributed by atoms with Crippen LogP contribution in [0.2, 0.25) is 5.02 Å². The predicted octanol–water partition coefficient (Wildman–Crippen LogP) is 3.47. The smallest absolute Gasteiger partial charge is 0.151 e. The zero-order valence-corrected chi connectivity index (χ0v) is 9.68. The first-order valence-electron chi connectivity index (χ1n) is 4.94. The highest BCUT2D eigenvalue weighted by molar-refractivity contribution is 6.30. The molecule has 4 heteroatoms. The molecule has 0 unspecified atom stereocenters. The van der Waals surface area contributed by atoms with Crippen molar-refractivity contribution in [2.24, 2.45) is 5.73 Å². The molecule has 1 aromatic carbocycles. The van der Waals surface area contributed by atoms with E-state index in [1.807, 2.05) is 13.0 Å². The number of allylic oxidation sites excluding steroid dienone is 1. The number of halogens is 2. The van der Waals surface area contributed by atoms with E-state index in [4.69, 9.17) is 22.6 Å². The number of nitrogens with two attached hydrogens (primary N) is 1. The first kappa shape index (κ1) is 12.5. The van der Waals surface area contributed by atoms with Crippen LogP contribution in [0.1, 0.15) is 25.3 Å². The van der Waals surface area contributed by atoms with Gasteiger partial charge in [-0.05, 0) is 18.6 Å². The molecule has 0 aliphatic carbocycles. The Morgan fingerprint density at radius 3 is 2.81 bits per heavy atom. The molecule has 2 nitrogen and oxygen atoms in total. The van der Waals surface area contributed by atoms with Crippen LogP contribution in [0.3, 0.4) is 0 Å². The van der Waals surface area contributed by atoms with Gasteiger partial charge in [0.2, 0.25) is 0 Å². The SMILES string of the molecule is CCC/C(C#N)=C(/N)c1cccc(Cl)c1F. The summed E-state index contributed by atoms with van der Waals surface area (Å²) in [6.45, 7) is 1.93. The minimum atomic E-state index is -0.578. The molecule has 0 radical (unpaired) electrons. The Bertz CT molecular complexity index is 461. The molecule has 0 heterocycles. The maximum Gasteiger partial charge on any atom is 0.151 e. The van der Waals surface area contributed by atoms with Crippen molar-refractivity contribution in [1.82, 2.24) is 0 Å². The maximum absolute atomic E-state index is 13.6. The normalized spacial score (nSPS) is 11.9. The van der Waals surface area contributed by atoms with Crippen molar-refractivity contribution in [3.8, 4) is 6.07 Å². The molecule has 0 saturated carbocycles. The number of hydrogen-bond donors (Lipinski definition) is 1. The van der Waals surface area contributed by atoms with E-state index < -0.39 is 5.82 Å². The Morgan fingerprint density at radius 2 is 2.25 bits per heavy atom. The lowest BCUT2D eigenvalue weighted by molar-refractivity contribution is 0.624. The zero-order chi connectivity index (χ0) is 12.1. The molecule has 0 spiro atoms. The van der Waals surface area contributed by atoms with Gasteiger partial charge in [-0.15, -0.1) is 0 Å². The van der Waals surface area contributed by atoms with E-state index in [-0.39, 0.29) is 16.3 Å². The molecular weight excluding hydrogens is 227 g/mol. The third kappa shape index (κ3) is 2.53. The predicted molar refractivity (Wildman–Crippen MR) is 63.0 cm³/mol. The summed E-state index contributed by atoms with van der Waals surface area (Å²) in [7, 11) is 0. The van der Waals surface area contributed by atoms with Crippen molar-refractivity contribution >= 4 is 17.3 Å². The quantitative estimate of drug-likeness (QED) is 0.820. The molecular formula is C12H12ClFN2. The zero-order valence-electron chi connectivity index (χ0n) is 8.93. The van der Waals surface area contributed by atoms with Gasteiger partial charge in [-0.25, -0.2) is 4.39 Å². The van der Waals surface area contributed by atoms with Crippen molar-refractivity contribution in [2.75, 3.05) is 0 Å². The van der Waals surface area contributed by atoms with Crippen molar-refractivity contribution in [1.29, 1.82) is 5.26 Å². The summed E-state index contributed by atoms with van der Waals surface area (Å²) in [6, 6.07) is 6.56. The number of hydrogen-bond acceptors (Lipinski definition) is 2. The van der Waals surface area contributed by atoms with Crippen LogP contribution >= 0.6 is 11.6 Å². The highest BCUT2D eigenvalue weighted by Crippen LogP contribution is 2.24. The van der Waals surface area contributed by atoms with E-state index in [0.29, 0.717) is 12.0 Å². The van der Waals surface area contributed by atoms with Gasteiger partial charge in [0.05, 0.1) is 22.4 Å². The molecule has 2 N–H and O–H groups in total. The highest BCUT2D eigenvalue weighted by atomic mass is 35.5. The molecule has 0 amide bonds. The van der Waals surface area contributed by atoms with Crippen LogP contribution in [0, 0.1) is 17.1 Å². The molecule has 0 saturated heterocycles. The number of rotatable bonds is 3. The van der Waals surface area contributed by atoms with E-state index >= 15 is 0 Å².